The van der Waals surface area contributed by atoms with E-state index in [0.29, 0.717) is 36.1 Å². The van der Waals surface area contributed by atoms with Gasteiger partial charge in [-0.25, -0.2) is 14.2 Å². The molecule has 0 bridgehead atoms. The van der Waals surface area contributed by atoms with Gasteiger partial charge in [-0.15, -0.1) is 0 Å². The van der Waals surface area contributed by atoms with Crippen molar-refractivity contribution in [3.05, 3.63) is 35.6 Å². The monoisotopic (exact) mass is 384 g/mol. The summed E-state index contributed by atoms with van der Waals surface area (Å²) in [5, 5.41) is 20.2. The third-order valence-corrected chi connectivity index (χ3v) is 4.73. The number of aromatic nitrogens is 2. The van der Waals surface area contributed by atoms with Gasteiger partial charge in [-0.2, -0.15) is 10.2 Å². The molecule has 4 N–H and O–H groups in total. The van der Waals surface area contributed by atoms with Gasteiger partial charge in [0.1, 0.15) is 17.7 Å². The van der Waals surface area contributed by atoms with Gasteiger partial charge in [-0.05, 0) is 30.4 Å². The van der Waals surface area contributed by atoms with E-state index in [9.17, 15) is 9.18 Å². The molecular weight excluding hydrogens is 363 g/mol. The molecule has 1 aliphatic rings. The summed E-state index contributed by atoms with van der Waals surface area (Å²) in [4.78, 5) is 21.3. The molecule has 2 atom stereocenters. The zero-order valence-electron chi connectivity index (χ0n) is 15.4. The molecule has 28 heavy (non-hydrogen) atoms. The summed E-state index contributed by atoms with van der Waals surface area (Å²) in [7, 11) is 0. The Hall–Kier alpha value is -3.41. The van der Waals surface area contributed by atoms with E-state index in [0.717, 1.165) is 13.0 Å². The first kappa shape index (κ1) is 19.4. The minimum Gasteiger partial charge on any atom is -0.465 e. The third kappa shape index (κ3) is 4.46. The number of nitrogen functional groups attached to an aromatic ring is 1. The predicted octanol–water partition coefficient (Wildman–Crippen LogP) is 2.47. The molecule has 1 aromatic carbocycles. The van der Waals surface area contributed by atoms with Gasteiger partial charge in [-0.1, -0.05) is 13.0 Å². The number of nitrogens with zero attached hydrogens (tertiary/aromatic N) is 4. The van der Waals surface area contributed by atoms with Crippen LogP contribution in [0.3, 0.4) is 0 Å². The number of rotatable bonds is 4. The number of anilines is 2. The molecule has 3 rings (SSSR count). The number of carbonyl (C=O) groups is 1. The highest BCUT2D eigenvalue weighted by atomic mass is 19.1. The lowest BCUT2D eigenvalue weighted by Gasteiger charge is -2.37. The summed E-state index contributed by atoms with van der Waals surface area (Å²) in [6.45, 7) is 3.84. The number of hydrogen-bond acceptors (Lipinski definition) is 6. The number of piperidine rings is 1. The number of nitrogens with two attached hydrogens (primary N) is 1. The lowest BCUT2D eigenvalue weighted by atomic mass is 9.90. The molecule has 1 fully saturated rings. The van der Waals surface area contributed by atoms with Crippen LogP contribution in [0.1, 0.15) is 18.9 Å². The lowest BCUT2D eigenvalue weighted by Crippen LogP contribution is -2.44. The maximum Gasteiger partial charge on any atom is 0.404 e. The van der Waals surface area contributed by atoms with Gasteiger partial charge in [0.05, 0.1) is 11.3 Å². The molecule has 0 radical (unpaired) electrons. The normalized spacial score (nSPS) is 19.1. The first-order valence-electron chi connectivity index (χ1n) is 8.92. The van der Waals surface area contributed by atoms with Gasteiger partial charge < -0.3 is 21.1 Å². The van der Waals surface area contributed by atoms with E-state index in [4.69, 9.17) is 16.1 Å². The van der Waals surface area contributed by atoms with E-state index in [1.165, 1.54) is 12.1 Å². The fraction of sp³-hybridized carbons (Fsp3) is 0.368. The van der Waals surface area contributed by atoms with E-state index in [2.05, 4.69) is 22.2 Å². The second kappa shape index (κ2) is 8.08. The molecule has 1 saturated heterocycles. The maximum absolute atomic E-state index is 14.0. The molecule has 0 saturated carbocycles. The number of hydrogen-bond donors (Lipinski definition) is 3. The van der Waals surface area contributed by atoms with Gasteiger partial charge in [0.15, 0.2) is 0 Å². The quantitative estimate of drug-likeness (QED) is 0.738. The van der Waals surface area contributed by atoms with Crippen molar-refractivity contribution in [1.29, 1.82) is 5.26 Å². The van der Waals surface area contributed by atoms with Crippen molar-refractivity contribution in [3.8, 4) is 17.3 Å². The van der Waals surface area contributed by atoms with Crippen LogP contribution in [0, 0.1) is 29.0 Å². The van der Waals surface area contributed by atoms with Gasteiger partial charge in [-0.3, -0.25) is 0 Å². The molecule has 8 nitrogen and oxygen atoms in total. The average molecular weight is 384 g/mol. The van der Waals surface area contributed by atoms with Crippen LogP contribution in [-0.2, 0) is 0 Å². The number of nitrogens with one attached hydrogen (secondary N) is 1. The molecule has 1 amide bonds. The van der Waals surface area contributed by atoms with Crippen molar-refractivity contribution in [2.45, 2.75) is 13.3 Å². The SMILES string of the molecule is C[C@@H]1C[C@H](CNC(=O)O)CN(c2cc(-c3ccc(C#N)c(F)c3)nc(N)n2)C1. The molecule has 1 aliphatic heterocycles. The standard InChI is InChI=1S/C19H21FN6O2/c1-11-4-12(8-23-19(27)28)10-26(9-11)17-6-16(24-18(22)25-17)13-2-3-14(7-21)15(20)5-13/h2-3,5-6,11-12,23H,4,8-10H2,1H3,(H,27,28)(H2,22,24,25)/t11-,12-/m1/s1. The van der Waals surface area contributed by atoms with Gasteiger partial charge >= 0.3 is 6.09 Å². The van der Waals surface area contributed by atoms with E-state index in [1.54, 1.807) is 18.2 Å². The number of amides is 1. The lowest BCUT2D eigenvalue weighted by molar-refractivity contribution is 0.190. The van der Waals surface area contributed by atoms with Crippen molar-refractivity contribution in [2.24, 2.45) is 11.8 Å². The highest BCUT2D eigenvalue weighted by Gasteiger charge is 2.26. The molecule has 2 heterocycles. The van der Waals surface area contributed by atoms with Crippen LogP contribution in [0.15, 0.2) is 24.3 Å². The highest BCUT2D eigenvalue weighted by Crippen LogP contribution is 2.29. The largest absolute Gasteiger partial charge is 0.465 e. The van der Waals surface area contributed by atoms with Crippen molar-refractivity contribution in [3.63, 3.8) is 0 Å². The van der Waals surface area contributed by atoms with E-state index in [1.807, 2.05) is 4.90 Å². The van der Waals surface area contributed by atoms with Crippen LogP contribution in [0.5, 0.6) is 0 Å². The zero-order valence-corrected chi connectivity index (χ0v) is 15.4. The Morgan fingerprint density at radius 1 is 1.43 bits per heavy atom. The molecule has 2 aromatic rings. The fourth-order valence-electron chi connectivity index (χ4n) is 3.57. The smallest absolute Gasteiger partial charge is 0.404 e. The van der Waals surface area contributed by atoms with E-state index < -0.39 is 11.9 Å². The Labute approximate surface area is 161 Å². The molecule has 0 unspecified atom stereocenters. The maximum atomic E-state index is 14.0. The minimum absolute atomic E-state index is 0.0374. The van der Waals surface area contributed by atoms with Crippen LogP contribution in [0.4, 0.5) is 21.0 Å². The number of benzene rings is 1. The van der Waals surface area contributed by atoms with Crippen LogP contribution in [0.2, 0.25) is 0 Å². The second-order valence-corrected chi connectivity index (χ2v) is 7.07. The molecular formula is C19H21FN6O2. The van der Waals surface area contributed by atoms with Crippen molar-refractivity contribution in [2.75, 3.05) is 30.3 Å². The van der Waals surface area contributed by atoms with Gasteiger partial charge in [0, 0.05) is 31.3 Å². The van der Waals surface area contributed by atoms with E-state index >= 15 is 0 Å². The summed E-state index contributed by atoms with van der Waals surface area (Å²) in [6.07, 6.45) is -0.133. The Morgan fingerprint density at radius 3 is 2.89 bits per heavy atom. The molecule has 1 aromatic heterocycles. The molecule has 0 spiro atoms. The number of nitriles is 1. The van der Waals surface area contributed by atoms with Crippen LogP contribution in [0.25, 0.3) is 11.3 Å². The van der Waals surface area contributed by atoms with Crippen molar-refractivity contribution in [1.82, 2.24) is 15.3 Å². The number of halogens is 1. The summed E-state index contributed by atoms with van der Waals surface area (Å²) in [5.74, 6) is 0.549. The molecule has 9 heteroatoms. The Morgan fingerprint density at radius 2 is 2.21 bits per heavy atom. The van der Waals surface area contributed by atoms with Crippen LogP contribution in [-0.4, -0.2) is 40.8 Å². The van der Waals surface area contributed by atoms with Crippen molar-refractivity contribution >= 4 is 17.9 Å². The fourth-order valence-corrected chi connectivity index (χ4v) is 3.57. The minimum atomic E-state index is -1.04. The van der Waals surface area contributed by atoms with Gasteiger partial charge in [0.2, 0.25) is 5.95 Å². The average Bonchev–Trinajstić information content (AvgIpc) is 2.65. The summed E-state index contributed by atoms with van der Waals surface area (Å²) >= 11 is 0. The molecule has 146 valence electrons. The summed E-state index contributed by atoms with van der Waals surface area (Å²) in [5.41, 5.74) is 6.81. The Balaban J connectivity index is 1.87. The topological polar surface area (TPSA) is 128 Å². The first-order valence-corrected chi connectivity index (χ1v) is 8.92. The summed E-state index contributed by atoms with van der Waals surface area (Å²) < 4.78 is 14.0. The highest BCUT2D eigenvalue weighted by molar-refractivity contribution is 5.66. The van der Waals surface area contributed by atoms with Crippen LogP contribution >= 0.6 is 0 Å². The molecule has 0 aliphatic carbocycles. The van der Waals surface area contributed by atoms with Crippen molar-refractivity contribution < 1.29 is 14.3 Å². The zero-order chi connectivity index (χ0) is 20.3. The second-order valence-electron chi connectivity index (χ2n) is 7.07. The Kier molecular flexibility index (Phi) is 5.59. The third-order valence-electron chi connectivity index (χ3n) is 4.73. The van der Waals surface area contributed by atoms with Crippen LogP contribution < -0.4 is 16.0 Å². The van der Waals surface area contributed by atoms with E-state index in [-0.39, 0.29) is 17.4 Å². The first-order chi connectivity index (χ1) is 13.4. The van der Waals surface area contributed by atoms with Gasteiger partial charge in [0.25, 0.3) is 0 Å². The predicted molar refractivity (Wildman–Crippen MR) is 102 cm³/mol. The Bertz CT molecular complexity index is 929. The summed E-state index contributed by atoms with van der Waals surface area (Å²) in [6, 6.07) is 7.79. The number of carboxylic acid groups (broad SMARTS) is 1.